The summed E-state index contributed by atoms with van der Waals surface area (Å²) in [7, 11) is 0. The largest absolute Gasteiger partial charge is 0.493 e. The Balaban J connectivity index is 2.59. The van der Waals surface area contributed by atoms with Crippen LogP contribution < -0.4 is 4.74 Å². The van der Waals surface area contributed by atoms with E-state index in [1.54, 1.807) is 24.3 Å². The molecule has 0 N–H and O–H groups in total. The lowest BCUT2D eigenvalue weighted by Gasteiger charge is -2.07. The van der Waals surface area contributed by atoms with Crippen LogP contribution in [0.2, 0.25) is 0 Å². The fraction of sp³-hybridized carbons (Fsp3) is 0.364. The Labute approximate surface area is 83.4 Å². The van der Waals surface area contributed by atoms with E-state index in [1.165, 1.54) is 6.08 Å². The molecule has 0 aliphatic rings. The third-order valence-electron chi connectivity index (χ3n) is 1.59. The summed E-state index contributed by atoms with van der Waals surface area (Å²) < 4.78 is 5.46. The Hall–Kier alpha value is -1.60. The molecule has 0 amide bonds. The highest BCUT2D eigenvalue weighted by molar-refractivity contribution is 5.49. The van der Waals surface area contributed by atoms with Crippen LogP contribution in [0.1, 0.15) is 13.8 Å². The predicted molar refractivity (Wildman–Crippen MR) is 54.6 cm³/mol. The molecule has 3 nitrogen and oxygen atoms in total. The summed E-state index contributed by atoms with van der Waals surface area (Å²) in [4.78, 5) is 13.4. The summed E-state index contributed by atoms with van der Waals surface area (Å²) in [5.74, 6) is 1.30. The first-order valence-electron chi connectivity index (χ1n) is 4.53. The van der Waals surface area contributed by atoms with Crippen LogP contribution in [0.25, 0.3) is 0 Å². The topological polar surface area (TPSA) is 38.7 Å². The number of isocyanates is 1. The zero-order valence-electron chi connectivity index (χ0n) is 8.36. The number of hydrogen-bond donors (Lipinski definition) is 0. The molecule has 0 heterocycles. The standard InChI is InChI=1S/C11H13NO2/c1-9(2)7-14-11-5-3-10(4-6-11)12-8-13/h3-6,9H,7H2,1-2H3. The molecule has 0 aliphatic carbocycles. The third-order valence-corrected chi connectivity index (χ3v) is 1.59. The zero-order chi connectivity index (χ0) is 10.4. The lowest BCUT2D eigenvalue weighted by molar-refractivity contribution is 0.271. The molecule has 74 valence electrons. The quantitative estimate of drug-likeness (QED) is 0.542. The number of nitrogens with zero attached hydrogens (tertiary/aromatic N) is 1. The molecule has 0 saturated carbocycles. The molecule has 0 aromatic heterocycles. The summed E-state index contributed by atoms with van der Waals surface area (Å²) in [5.41, 5.74) is 0.594. The van der Waals surface area contributed by atoms with E-state index in [-0.39, 0.29) is 0 Å². The lowest BCUT2D eigenvalue weighted by Crippen LogP contribution is -2.03. The van der Waals surface area contributed by atoms with E-state index in [0.717, 1.165) is 5.75 Å². The highest BCUT2D eigenvalue weighted by Gasteiger charge is 1.96. The van der Waals surface area contributed by atoms with Crippen molar-refractivity contribution in [1.29, 1.82) is 0 Å². The van der Waals surface area contributed by atoms with E-state index in [0.29, 0.717) is 18.2 Å². The monoisotopic (exact) mass is 191 g/mol. The van der Waals surface area contributed by atoms with Crippen molar-refractivity contribution < 1.29 is 9.53 Å². The first kappa shape index (κ1) is 10.5. The van der Waals surface area contributed by atoms with Crippen LogP contribution in [-0.4, -0.2) is 12.7 Å². The molecule has 1 rings (SSSR count). The van der Waals surface area contributed by atoms with Gasteiger partial charge in [0.1, 0.15) is 5.75 Å². The second-order valence-electron chi connectivity index (χ2n) is 3.40. The Bertz CT molecular complexity index is 324. The van der Waals surface area contributed by atoms with E-state index in [2.05, 4.69) is 18.8 Å². The van der Waals surface area contributed by atoms with Crippen molar-refractivity contribution in [1.82, 2.24) is 0 Å². The minimum absolute atomic E-state index is 0.502. The predicted octanol–water partition coefficient (Wildman–Crippen LogP) is 2.69. The van der Waals surface area contributed by atoms with Crippen molar-refractivity contribution in [3.8, 4) is 5.75 Å². The molecular formula is C11H13NO2. The van der Waals surface area contributed by atoms with Gasteiger partial charge in [-0.15, -0.1) is 0 Å². The van der Waals surface area contributed by atoms with Crippen LogP contribution in [0.5, 0.6) is 5.75 Å². The molecule has 0 unspecified atom stereocenters. The molecule has 1 aromatic carbocycles. The number of hydrogen-bond acceptors (Lipinski definition) is 3. The second kappa shape index (κ2) is 5.20. The molecule has 0 saturated heterocycles. The first-order chi connectivity index (χ1) is 6.72. The molecule has 0 aliphatic heterocycles. The van der Waals surface area contributed by atoms with Gasteiger partial charge in [-0.05, 0) is 30.2 Å². The average Bonchev–Trinajstić information content (AvgIpc) is 2.17. The molecule has 0 atom stereocenters. The van der Waals surface area contributed by atoms with E-state index in [4.69, 9.17) is 4.74 Å². The Kier molecular flexibility index (Phi) is 3.89. The van der Waals surface area contributed by atoms with Crippen LogP contribution in [0.4, 0.5) is 5.69 Å². The van der Waals surface area contributed by atoms with Crippen molar-refractivity contribution in [3.05, 3.63) is 24.3 Å². The molecule has 0 radical (unpaired) electrons. The number of ether oxygens (including phenoxy) is 1. The van der Waals surface area contributed by atoms with E-state index in [1.807, 2.05) is 0 Å². The molecule has 1 aromatic rings. The van der Waals surface area contributed by atoms with Gasteiger partial charge in [-0.3, -0.25) is 0 Å². The van der Waals surface area contributed by atoms with Crippen LogP contribution in [0, 0.1) is 5.92 Å². The van der Waals surface area contributed by atoms with Crippen LogP contribution in [0.3, 0.4) is 0 Å². The maximum absolute atomic E-state index is 9.95. The maximum Gasteiger partial charge on any atom is 0.240 e. The Morgan fingerprint density at radius 2 is 2.00 bits per heavy atom. The molecule has 3 heteroatoms. The summed E-state index contributed by atoms with van der Waals surface area (Å²) in [6.45, 7) is 4.87. The van der Waals surface area contributed by atoms with E-state index < -0.39 is 0 Å². The highest BCUT2D eigenvalue weighted by atomic mass is 16.5. The van der Waals surface area contributed by atoms with Crippen molar-refractivity contribution in [3.63, 3.8) is 0 Å². The second-order valence-corrected chi connectivity index (χ2v) is 3.40. The molecule has 0 fully saturated rings. The zero-order valence-corrected chi connectivity index (χ0v) is 8.36. The van der Waals surface area contributed by atoms with Gasteiger partial charge in [0.05, 0.1) is 12.3 Å². The Morgan fingerprint density at radius 3 is 2.50 bits per heavy atom. The smallest absolute Gasteiger partial charge is 0.240 e. The summed E-state index contributed by atoms with van der Waals surface area (Å²) in [6, 6.07) is 7.03. The third kappa shape index (κ3) is 3.42. The molecule has 0 spiro atoms. The van der Waals surface area contributed by atoms with E-state index >= 15 is 0 Å². The fourth-order valence-electron chi connectivity index (χ4n) is 0.932. The van der Waals surface area contributed by atoms with Crippen molar-refractivity contribution in [2.75, 3.05) is 6.61 Å². The van der Waals surface area contributed by atoms with Crippen LogP contribution in [0.15, 0.2) is 29.3 Å². The fourth-order valence-corrected chi connectivity index (χ4v) is 0.932. The Morgan fingerprint density at radius 1 is 1.36 bits per heavy atom. The van der Waals surface area contributed by atoms with Crippen molar-refractivity contribution >= 4 is 11.8 Å². The van der Waals surface area contributed by atoms with Gasteiger partial charge >= 0.3 is 0 Å². The van der Waals surface area contributed by atoms with Gasteiger partial charge in [-0.2, -0.15) is 4.99 Å². The first-order valence-corrected chi connectivity index (χ1v) is 4.53. The van der Waals surface area contributed by atoms with Crippen molar-refractivity contribution in [2.45, 2.75) is 13.8 Å². The maximum atomic E-state index is 9.95. The average molecular weight is 191 g/mol. The highest BCUT2D eigenvalue weighted by Crippen LogP contribution is 2.17. The van der Waals surface area contributed by atoms with Crippen molar-refractivity contribution in [2.24, 2.45) is 10.9 Å². The summed E-state index contributed by atoms with van der Waals surface area (Å²) >= 11 is 0. The lowest BCUT2D eigenvalue weighted by atomic mass is 10.2. The minimum Gasteiger partial charge on any atom is -0.493 e. The van der Waals surface area contributed by atoms with Gasteiger partial charge in [0.25, 0.3) is 0 Å². The number of carbonyl (C=O) groups excluding carboxylic acids is 1. The van der Waals surface area contributed by atoms with Gasteiger partial charge < -0.3 is 4.74 Å². The number of rotatable bonds is 4. The minimum atomic E-state index is 0.502. The van der Waals surface area contributed by atoms with Gasteiger partial charge in [-0.25, -0.2) is 4.79 Å². The summed E-state index contributed by atoms with van der Waals surface area (Å²) in [5, 5.41) is 0. The van der Waals surface area contributed by atoms with Crippen LogP contribution in [-0.2, 0) is 4.79 Å². The van der Waals surface area contributed by atoms with Gasteiger partial charge in [0.2, 0.25) is 6.08 Å². The number of aliphatic imine (C=N–C) groups is 1. The normalized spacial score (nSPS) is 9.64. The van der Waals surface area contributed by atoms with Crippen LogP contribution >= 0.6 is 0 Å². The number of benzene rings is 1. The molecule has 0 bridgehead atoms. The van der Waals surface area contributed by atoms with E-state index in [9.17, 15) is 4.79 Å². The SMILES string of the molecule is CC(C)COc1ccc(N=C=O)cc1. The molecular weight excluding hydrogens is 178 g/mol. The van der Waals surface area contributed by atoms with Gasteiger partial charge in [0, 0.05) is 0 Å². The van der Waals surface area contributed by atoms with Gasteiger partial charge in [0.15, 0.2) is 0 Å². The van der Waals surface area contributed by atoms with Gasteiger partial charge in [-0.1, -0.05) is 13.8 Å². The summed E-state index contributed by atoms with van der Waals surface area (Å²) in [6.07, 6.45) is 1.49. The molecule has 14 heavy (non-hydrogen) atoms.